The Morgan fingerprint density at radius 1 is 1.22 bits per heavy atom. The predicted molar refractivity (Wildman–Crippen MR) is 84.9 cm³/mol. The van der Waals surface area contributed by atoms with Crippen molar-refractivity contribution in [1.29, 1.82) is 0 Å². The van der Waals surface area contributed by atoms with Crippen LogP contribution in [0, 0.1) is 0 Å². The molecule has 0 saturated heterocycles. The summed E-state index contributed by atoms with van der Waals surface area (Å²) < 4.78 is 9.70. The third-order valence-corrected chi connectivity index (χ3v) is 3.51. The van der Waals surface area contributed by atoms with Crippen LogP contribution in [0.15, 0.2) is 30.3 Å². The highest BCUT2D eigenvalue weighted by molar-refractivity contribution is 7.99. The van der Waals surface area contributed by atoms with E-state index in [0.717, 1.165) is 5.56 Å². The van der Waals surface area contributed by atoms with E-state index >= 15 is 0 Å². The molecular weight excluding hydrogens is 322 g/mol. The number of carbonyl (C=O) groups is 3. The zero-order valence-corrected chi connectivity index (χ0v) is 13.5. The lowest BCUT2D eigenvalue weighted by atomic mass is 10.2. The van der Waals surface area contributed by atoms with Crippen LogP contribution >= 0.6 is 11.8 Å². The minimum atomic E-state index is -1.14. The maximum Gasteiger partial charge on any atom is 0.408 e. The average Bonchev–Trinajstić information content (AvgIpc) is 2.52. The minimum absolute atomic E-state index is 0.0697. The summed E-state index contributed by atoms with van der Waals surface area (Å²) in [4.78, 5) is 33.3. The zero-order valence-electron chi connectivity index (χ0n) is 12.7. The fourth-order valence-corrected chi connectivity index (χ4v) is 2.32. The predicted octanol–water partition coefficient (Wildman–Crippen LogP) is 2.01. The van der Waals surface area contributed by atoms with E-state index in [4.69, 9.17) is 14.6 Å². The van der Waals surface area contributed by atoms with E-state index in [2.05, 4.69) is 5.32 Å². The van der Waals surface area contributed by atoms with Gasteiger partial charge >= 0.3 is 18.0 Å². The van der Waals surface area contributed by atoms with Crippen molar-refractivity contribution in [2.75, 3.05) is 11.7 Å². The number of hydrogen-bond donors (Lipinski definition) is 2. The Labute approximate surface area is 138 Å². The molecule has 0 radical (unpaired) electrons. The van der Waals surface area contributed by atoms with Crippen LogP contribution in [0.4, 0.5) is 4.79 Å². The van der Waals surface area contributed by atoms with Crippen LogP contribution in [0.3, 0.4) is 0 Å². The van der Waals surface area contributed by atoms with Gasteiger partial charge in [-0.05, 0) is 17.7 Å². The van der Waals surface area contributed by atoms with E-state index in [9.17, 15) is 14.4 Å². The molecule has 8 heteroatoms. The normalized spacial score (nSPS) is 11.3. The summed E-state index contributed by atoms with van der Waals surface area (Å²) >= 11 is 1.27. The van der Waals surface area contributed by atoms with Gasteiger partial charge in [-0.1, -0.05) is 30.3 Å². The van der Waals surface area contributed by atoms with E-state index in [1.54, 1.807) is 12.1 Å². The maximum absolute atomic E-state index is 11.6. The highest BCUT2D eigenvalue weighted by atomic mass is 32.2. The number of amides is 1. The smallest absolute Gasteiger partial charge is 0.408 e. The Hall–Kier alpha value is -2.22. The number of thioether (sulfide) groups is 1. The van der Waals surface area contributed by atoms with Crippen LogP contribution in [0.25, 0.3) is 0 Å². The summed E-state index contributed by atoms with van der Waals surface area (Å²) in [5, 5.41) is 11.4. The van der Waals surface area contributed by atoms with Gasteiger partial charge in [0, 0.05) is 6.92 Å². The number of ether oxygens (including phenoxy) is 2. The molecule has 0 aliphatic heterocycles. The molecule has 0 saturated carbocycles. The third kappa shape index (κ3) is 8.72. The van der Waals surface area contributed by atoms with Gasteiger partial charge in [-0.15, -0.1) is 11.8 Å². The van der Waals surface area contributed by atoms with Crippen molar-refractivity contribution in [2.24, 2.45) is 0 Å². The first kappa shape index (κ1) is 18.8. The van der Waals surface area contributed by atoms with Crippen molar-refractivity contribution in [3.05, 3.63) is 35.9 Å². The lowest BCUT2D eigenvalue weighted by molar-refractivity contribution is -0.140. The van der Waals surface area contributed by atoms with Crippen LogP contribution in [0.2, 0.25) is 0 Å². The van der Waals surface area contributed by atoms with E-state index in [0.29, 0.717) is 5.75 Å². The first-order valence-electron chi connectivity index (χ1n) is 6.90. The van der Waals surface area contributed by atoms with Gasteiger partial charge in [0.1, 0.15) is 18.6 Å². The lowest BCUT2D eigenvalue weighted by Gasteiger charge is -2.14. The Kier molecular flexibility index (Phi) is 8.59. The summed E-state index contributed by atoms with van der Waals surface area (Å²) in [5.41, 5.74) is 0.812. The quantitative estimate of drug-likeness (QED) is 0.402. The number of esters is 1. The molecule has 0 aromatic heterocycles. The van der Waals surface area contributed by atoms with Gasteiger partial charge < -0.3 is 19.9 Å². The molecule has 0 unspecified atom stereocenters. The van der Waals surface area contributed by atoms with Crippen LogP contribution < -0.4 is 5.32 Å². The van der Waals surface area contributed by atoms with Crippen molar-refractivity contribution in [3.63, 3.8) is 0 Å². The number of rotatable bonds is 9. The zero-order chi connectivity index (χ0) is 17.1. The van der Waals surface area contributed by atoms with Crippen molar-refractivity contribution in [2.45, 2.75) is 26.0 Å². The summed E-state index contributed by atoms with van der Waals surface area (Å²) in [6, 6.07) is 8.02. The maximum atomic E-state index is 11.6. The lowest BCUT2D eigenvalue weighted by Crippen LogP contribution is -2.41. The molecule has 1 atom stereocenters. The Morgan fingerprint density at radius 3 is 2.52 bits per heavy atom. The van der Waals surface area contributed by atoms with Crippen LogP contribution in [-0.2, 0) is 25.7 Å². The average molecular weight is 341 g/mol. The van der Waals surface area contributed by atoms with Crippen molar-refractivity contribution in [3.8, 4) is 0 Å². The molecule has 126 valence electrons. The van der Waals surface area contributed by atoms with Crippen LogP contribution in [-0.4, -0.2) is 40.9 Å². The molecule has 0 heterocycles. The molecule has 1 rings (SSSR count). The molecule has 7 nitrogen and oxygen atoms in total. The number of carbonyl (C=O) groups excluding carboxylic acids is 2. The van der Waals surface area contributed by atoms with Gasteiger partial charge in [-0.25, -0.2) is 9.59 Å². The van der Waals surface area contributed by atoms with E-state index in [1.807, 2.05) is 18.2 Å². The molecule has 1 aromatic carbocycles. The molecule has 1 amide bonds. The van der Waals surface area contributed by atoms with Gasteiger partial charge in [-0.3, -0.25) is 4.79 Å². The molecular formula is C15H19NO6S. The molecule has 2 N–H and O–H groups in total. The standard InChI is InChI=1S/C15H19NO6S/c1-11(17)22-10-23-8-7-13(14(18)19)16-15(20)21-9-12-5-3-2-4-6-12/h2-6,13H,7-10H2,1H3,(H,16,20)(H,18,19)/t13-/m1/s1. The first-order chi connectivity index (χ1) is 11.0. The van der Waals surface area contributed by atoms with Crippen molar-refractivity contribution < 1.29 is 29.0 Å². The van der Waals surface area contributed by atoms with Gasteiger partial charge in [0.2, 0.25) is 0 Å². The number of nitrogens with one attached hydrogen (secondary N) is 1. The second kappa shape index (κ2) is 10.5. The molecule has 23 heavy (non-hydrogen) atoms. The highest BCUT2D eigenvalue weighted by Gasteiger charge is 2.20. The fraction of sp³-hybridized carbons (Fsp3) is 0.400. The Bertz CT molecular complexity index is 522. The van der Waals surface area contributed by atoms with Crippen LogP contribution in [0.5, 0.6) is 0 Å². The van der Waals surface area contributed by atoms with Crippen molar-refractivity contribution in [1.82, 2.24) is 5.32 Å². The number of hydrogen-bond acceptors (Lipinski definition) is 6. The molecule has 0 aliphatic carbocycles. The Morgan fingerprint density at radius 2 is 1.91 bits per heavy atom. The molecule has 1 aromatic rings. The highest BCUT2D eigenvalue weighted by Crippen LogP contribution is 2.07. The van der Waals surface area contributed by atoms with Crippen molar-refractivity contribution >= 4 is 29.8 Å². The minimum Gasteiger partial charge on any atom is -0.480 e. The first-order valence-corrected chi connectivity index (χ1v) is 8.05. The molecule has 0 aliphatic rings. The van der Waals surface area contributed by atoms with Gasteiger partial charge in [-0.2, -0.15) is 0 Å². The number of aliphatic carboxylic acids is 1. The third-order valence-electron chi connectivity index (χ3n) is 2.70. The Balaban J connectivity index is 2.29. The fourth-order valence-electron chi connectivity index (χ4n) is 1.55. The van der Waals surface area contributed by atoms with Gasteiger partial charge in [0.15, 0.2) is 0 Å². The summed E-state index contributed by atoms with van der Waals surface area (Å²) in [6.07, 6.45) is -0.590. The van der Waals surface area contributed by atoms with Gasteiger partial charge in [0.25, 0.3) is 0 Å². The van der Waals surface area contributed by atoms with E-state index < -0.39 is 24.1 Å². The number of carboxylic acids is 1. The molecule has 0 spiro atoms. The van der Waals surface area contributed by atoms with Crippen LogP contribution in [0.1, 0.15) is 18.9 Å². The second-order valence-corrected chi connectivity index (χ2v) is 5.60. The topological polar surface area (TPSA) is 102 Å². The number of carboxylic acid groups (broad SMARTS) is 1. The number of benzene rings is 1. The largest absolute Gasteiger partial charge is 0.480 e. The van der Waals surface area contributed by atoms with E-state index in [1.165, 1.54) is 18.7 Å². The van der Waals surface area contributed by atoms with Gasteiger partial charge in [0.05, 0.1) is 0 Å². The number of alkyl carbamates (subject to hydrolysis) is 1. The summed E-state index contributed by atoms with van der Waals surface area (Å²) in [7, 11) is 0. The summed E-state index contributed by atoms with van der Waals surface area (Å²) in [6.45, 7) is 1.37. The van der Waals surface area contributed by atoms with E-state index in [-0.39, 0.29) is 19.0 Å². The monoisotopic (exact) mass is 341 g/mol. The second-order valence-electron chi connectivity index (χ2n) is 4.55. The SMILES string of the molecule is CC(=O)OCSCC[C@@H](NC(=O)OCc1ccccc1)C(=O)O. The summed E-state index contributed by atoms with van der Waals surface area (Å²) in [5.74, 6) is -0.965. The molecule has 0 fully saturated rings. The molecule has 0 bridgehead atoms.